The number of pyridine rings is 1. The standard InChI is InChI=1S/C24H22Cl2N4O/c1-4-30-15(2)16(13-27-30)14-29(3)24(31)20-12-23(18-7-5-6-8-21(18)26)28-22-10-9-17(25)11-19(20)22/h5-13H,4,14H2,1-3H3. The Hall–Kier alpha value is -2.89. The number of aromatic nitrogens is 3. The minimum atomic E-state index is -0.119. The first-order chi connectivity index (χ1) is 14.9. The molecule has 0 radical (unpaired) electrons. The van der Waals surface area contributed by atoms with E-state index in [0.717, 1.165) is 23.4 Å². The molecule has 0 unspecified atom stereocenters. The van der Waals surface area contributed by atoms with Crippen molar-refractivity contribution in [1.82, 2.24) is 19.7 Å². The van der Waals surface area contributed by atoms with Crippen molar-refractivity contribution in [2.24, 2.45) is 0 Å². The molecule has 0 saturated heterocycles. The maximum atomic E-state index is 13.5. The molecule has 0 bridgehead atoms. The predicted molar refractivity (Wildman–Crippen MR) is 126 cm³/mol. The van der Waals surface area contributed by atoms with Crippen LogP contribution in [0.15, 0.2) is 54.7 Å². The van der Waals surface area contributed by atoms with E-state index >= 15 is 0 Å². The first kappa shape index (κ1) is 21.3. The first-order valence-corrected chi connectivity index (χ1v) is 10.8. The van der Waals surface area contributed by atoms with Gasteiger partial charge in [-0.15, -0.1) is 0 Å². The molecule has 5 nitrogen and oxygen atoms in total. The molecule has 7 heteroatoms. The highest BCUT2D eigenvalue weighted by atomic mass is 35.5. The van der Waals surface area contributed by atoms with Gasteiger partial charge in [-0.3, -0.25) is 9.48 Å². The maximum absolute atomic E-state index is 13.5. The second-order valence-corrected chi connectivity index (χ2v) is 8.27. The molecule has 0 aliphatic heterocycles. The van der Waals surface area contributed by atoms with Gasteiger partial charge in [-0.2, -0.15) is 5.10 Å². The highest BCUT2D eigenvalue weighted by Gasteiger charge is 2.20. The second kappa shape index (κ2) is 8.69. The Kier molecular flexibility index (Phi) is 5.99. The summed E-state index contributed by atoms with van der Waals surface area (Å²) >= 11 is 12.6. The largest absolute Gasteiger partial charge is 0.337 e. The van der Waals surface area contributed by atoms with E-state index in [2.05, 4.69) is 5.10 Å². The number of halogens is 2. The van der Waals surface area contributed by atoms with Gasteiger partial charge in [0.05, 0.1) is 23.0 Å². The van der Waals surface area contributed by atoms with E-state index in [1.165, 1.54) is 0 Å². The van der Waals surface area contributed by atoms with Crippen LogP contribution in [0.5, 0.6) is 0 Å². The highest BCUT2D eigenvalue weighted by molar-refractivity contribution is 6.33. The SMILES string of the molecule is CCn1ncc(CN(C)C(=O)c2cc(-c3ccccc3Cl)nc3ccc(Cl)cc23)c1C. The molecule has 158 valence electrons. The van der Waals surface area contributed by atoms with Crippen LogP contribution < -0.4 is 0 Å². The van der Waals surface area contributed by atoms with Crippen LogP contribution in [0, 0.1) is 6.92 Å². The minimum absolute atomic E-state index is 0.119. The van der Waals surface area contributed by atoms with Crippen LogP contribution in [0.1, 0.15) is 28.5 Å². The Bertz CT molecular complexity index is 1280. The van der Waals surface area contributed by atoms with Crippen molar-refractivity contribution in [1.29, 1.82) is 0 Å². The lowest BCUT2D eigenvalue weighted by molar-refractivity contribution is 0.0787. The van der Waals surface area contributed by atoms with Gasteiger partial charge in [0.2, 0.25) is 0 Å². The van der Waals surface area contributed by atoms with Crippen LogP contribution in [0.25, 0.3) is 22.2 Å². The van der Waals surface area contributed by atoms with E-state index in [9.17, 15) is 4.79 Å². The van der Waals surface area contributed by atoms with E-state index in [4.69, 9.17) is 28.2 Å². The third-order valence-electron chi connectivity index (χ3n) is 5.41. The van der Waals surface area contributed by atoms with Gasteiger partial charge in [0, 0.05) is 52.4 Å². The van der Waals surface area contributed by atoms with E-state index in [0.29, 0.717) is 38.8 Å². The van der Waals surface area contributed by atoms with E-state index in [-0.39, 0.29) is 5.91 Å². The fraction of sp³-hybridized carbons (Fsp3) is 0.208. The maximum Gasteiger partial charge on any atom is 0.254 e. The van der Waals surface area contributed by atoms with E-state index in [1.54, 1.807) is 30.1 Å². The van der Waals surface area contributed by atoms with Gasteiger partial charge in [-0.05, 0) is 44.2 Å². The molecular weight excluding hydrogens is 431 g/mol. The number of hydrogen-bond donors (Lipinski definition) is 0. The molecule has 1 amide bonds. The summed E-state index contributed by atoms with van der Waals surface area (Å²) < 4.78 is 1.92. The average Bonchev–Trinajstić information content (AvgIpc) is 3.12. The normalized spacial score (nSPS) is 11.1. The number of fused-ring (bicyclic) bond motifs is 1. The lowest BCUT2D eigenvalue weighted by Crippen LogP contribution is -2.26. The van der Waals surface area contributed by atoms with Crippen molar-refractivity contribution >= 4 is 40.0 Å². The van der Waals surface area contributed by atoms with Gasteiger partial charge in [-0.25, -0.2) is 4.98 Å². The molecule has 2 aromatic heterocycles. The number of benzene rings is 2. The fourth-order valence-electron chi connectivity index (χ4n) is 3.67. The monoisotopic (exact) mass is 452 g/mol. The molecule has 0 aliphatic rings. The summed E-state index contributed by atoms with van der Waals surface area (Å²) in [5, 5.41) is 6.22. The second-order valence-electron chi connectivity index (χ2n) is 7.43. The van der Waals surface area contributed by atoms with Crippen LogP contribution in [0.2, 0.25) is 10.0 Å². The van der Waals surface area contributed by atoms with Crippen LogP contribution in [-0.4, -0.2) is 32.6 Å². The molecule has 4 aromatic rings. The van der Waals surface area contributed by atoms with Gasteiger partial charge in [0.1, 0.15) is 0 Å². The molecule has 0 aliphatic carbocycles. The van der Waals surface area contributed by atoms with Crippen LogP contribution in [0.3, 0.4) is 0 Å². The Labute approximate surface area is 191 Å². The summed E-state index contributed by atoms with van der Waals surface area (Å²) in [5.41, 5.74) is 4.71. The number of nitrogens with zero attached hydrogens (tertiary/aromatic N) is 4. The number of carbonyl (C=O) groups excluding carboxylic acids is 1. The number of hydrogen-bond acceptors (Lipinski definition) is 3. The lowest BCUT2D eigenvalue weighted by Gasteiger charge is -2.19. The summed E-state index contributed by atoms with van der Waals surface area (Å²) in [7, 11) is 1.79. The lowest BCUT2D eigenvalue weighted by atomic mass is 10.0. The van der Waals surface area contributed by atoms with Crippen molar-refractivity contribution in [2.75, 3.05) is 7.05 Å². The van der Waals surface area contributed by atoms with Crippen LogP contribution in [-0.2, 0) is 13.1 Å². The number of aryl methyl sites for hydroxylation is 1. The van der Waals surface area contributed by atoms with Crippen LogP contribution >= 0.6 is 23.2 Å². The van der Waals surface area contributed by atoms with E-state index < -0.39 is 0 Å². The van der Waals surface area contributed by atoms with Gasteiger partial charge >= 0.3 is 0 Å². The minimum Gasteiger partial charge on any atom is -0.337 e. The zero-order valence-electron chi connectivity index (χ0n) is 17.6. The third-order valence-corrected chi connectivity index (χ3v) is 5.97. The number of amides is 1. The molecule has 2 aromatic carbocycles. The zero-order valence-corrected chi connectivity index (χ0v) is 19.1. The van der Waals surface area contributed by atoms with Crippen molar-refractivity contribution in [3.8, 4) is 11.3 Å². The topological polar surface area (TPSA) is 51.0 Å². The number of rotatable bonds is 5. The van der Waals surface area contributed by atoms with E-state index in [1.807, 2.05) is 55.1 Å². The van der Waals surface area contributed by atoms with Gasteiger partial charge in [-0.1, -0.05) is 41.4 Å². The molecular formula is C24H22Cl2N4O. The smallest absolute Gasteiger partial charge is 0.254 e. The molecule has 0 spiro atoms. The summed E-state index contributed by atoms with van der Waals surface area (Å²) in [6, 6.07) is 14.6. The molecule has 31 heavy (non-hydrogen) atoms. The molecule has 0 saturated carbocycles. The summed E-state index contributed by atoms with van der Waals surface area (Å²) in [5.74, 6) is -0.119. The van der Waals surface area contributed by atoms with Crippen molar-refractivity contribution in [2.45, 2.75) is 26.9 Å². The molecule has 4 rings (SSSR count). The predicted octanol–water partition coefficient (Wildman–Crippen LogP) is 6.01. The van der Waals surface area contributed by atoms with Crippen molar-refractivity contribution in [3.63, 3.8) is 0 Å². The van der Waals surface area contributed by atoms with Crippen LogP contribution in [0.4, 0.5) is 0 Å². The fourth-order valence-corrected chi connectivity index (χ4v) is 4.08. The summed E-state index contributed by atoms with van der Waals surface area (Å²) in [4.78, 5) is 20.0. The molecule has 0 atom stereocenters. The van der Waals surface area contributed by atoms with Gasteiger partial charge in [0.15, 0.2) is 0 Å². The number of carbonyl (C=O) groups is 1. The van der Waals surface area contributed by atoms with Crippen molar-refractivity contribution < 1.29 is 4.79 Å². The average molecular weight is 453 g/mol. The zero-order chi connectivity index (χ0) is 22.1. The quantitative estimate of drug-likeness (QED) is 0.372. The van der Waals surface area contributed by atoms with Crippen molar-refractivity contribution in [3.05, 3.63) is 81.6 Å². The Morgan fingerprint density at radius 1 is 1.13 bits per heavy atom. The molecule has 0 N–H and O–H groups in total. The molecule has 0 fully saturated rings. The van der Waals surface area contributed by atoms with Gasteiger partial charge < -0.3 is 4.90 Å². The summed E-state index contributed by atoms with van der Waals surface area (Å²) in [6.07, 6.45) is 1.82. The first-order valence-electron chi connectivity index (χ1n) is 10.0. The Morgan fingerprint density at radius 3 is 2.61 bits per heavy atom. The molecule has 2 heterocycles. The summed E-state index contributed by atoms with van der Waals surface area (Å²) in [6.45, 7) is 5.30. The van der Waals surface area contributed by atoms with Gasteiger partial charge in [0.25, 0.3) is 5.91 Å². The highest BCUT2D eigenvalue weighted by Crippen LogP contribution is 2.31. The third kappa shape index (κ3) is 4.16. The Morgan fingerprint density at radius 2 is 1.90 bits per heavy atom. The Balaban J connectivity index is 1.79.